The summed E-state index contributed by atoms with van der Waals surface area (Å²) < 4.78 is 2.81. The van der Waals surface area contributed by atoms with E-state index in [0.29, 0.717) is 17.1 Å². The van der Waals surface area contributed by atoms with E-state index in [-0.39, 0.29) is 5.57 Å². The molecule has 1 aliphatic rings. The first-order chi connectivity index (χ1) is 16.5. The highest BCUT2D eigenvalue weighted by Gasteiger charge is 2.43. The Morgan fingerprint density at radius 1 is 0.588 bits per heavy atom. The molecule has 1 aliphatic heterocycles. The van der Waals surface area contributed by atoms with Crippen LogP contribution >= 0.6 is 15.9 Å². The minimum Gasteiger partial charge on any atom is -0.317 e. The lowest BCUT2D eigenvalue weighted by Crippen LogP contribution is -2.57. The molecule has 1 saturated heterocycles. The summed E-state index contributed by atoms with van der Waals surface area (Å²) >= 11 is 3.43. The molecule has 0 atom stereocenters. The summed E-state index contributed by atoms with van der Waals surface area (Å²) in [4.78, 5) is 42.5. The van der Waals surface area contributed by atoms with Crippen molar-refractivity contribution in [1.29, 1.82) is 0 Å². The van der Waals surface area contributed by atoms with Crippen molar-refractivity contribution in [2.45, 2.75) is 0 Å². The van der Waals surface area contributed by atoms with Crippen molar-refractivity contribution < 1.29 is 14.4 Å². The number of rotatable bonds is 4. The van der Waals surface area contributed by atoms with Crippen molar-refractivity contribution in [1.82, 2.24) is 4.57 Å². The van der Waals surface area contributed by atoms with Crippen molar-refractivity contribution in [3.05, 3.63) is 119 Å². The Morgan fingerprint density at radius 3 is 1.65 bits per heavy atom. The number of hydrogen-bond donors (Lipinski definition) is 0. The monoisotopic (exact) mass is 511 g/mol. The van der Waals surface area contributed by atoms with Crippen LogP contribution in [-0.2, 0) is 9.59 Å². The molecule has 1 aromatic heterocycles. The molecule has 6 nitrogen and oxygen atoms in total. The molecule has 5 rings (SSSR count). The molecule has 0 saturated carbocycles. The number of hydrogen-bond acceptors (Lipinski definition) is 3. The zero-order valence-corrected chi connectivity index (χ0v) is 19.4. The smallest absolute Gasteiger partial charge is 0.317 e. The molecular weight excluding hydrogens is 494 g/mol. The van der Waals surface area contributed by atoms with Gasteiger partial charge in [0.15, 0.2) is 0 Å². The summed E-state index contributed by atoms with van der Waals surface area (Å²) in [7, 11) is 0. The number of amides is 4. The Bertz CT molecular complexity index is 1350. The molecular formula is C27H18BrN3O3. The fourth-order valence-corrected chi connectivity index (χ4v) is 4.10. The number of imide groups is 2. The maximum absolute atomic E-state index is 13.5. The van der Waals surface area contributed by atoms with Gasteiger partial charge >= 0.3 is 6.03 Å². The van der Waals surface area contributed by atoms with Gasteiger partial charge in [-0.3, -0.25) is 9.59 Å². The van der Waals surface area contributed by atoms with Gasteiger partial charge in [-0.1, -0.05) is 52.3 Å². The predicted molar refractivity (Wildman–Crippen MR) is 135 cm³/mol. The molecule has 166 valence electrons. The van der Waals surface area contributed by atoms with Gasteiger partial charge in [-0.25, -0.2) is 14.6 Å². The lowest BCUT2D eigenvalue weighted by molar-refractivity contribution is -0.121. The molecule has 0 spiro atoms. The number of anilines is 2. The zero-order chi connectivity index (χ0) is 23.7. The molecule has 4 aromatic rings. The van der Waals surface area contributed by atoms with Gasteiger partial charge in [-0.2, -0.15) is 0 Å². The molecule has 2 heterocycles. The largest absolute Gasteiger partial charge is 0.343 e. The highest BCUT2D eigenvalue weighted by Crippen LogP contribution is 2.30. The van der Waals surface area contributed by atoms with Crippen molar-refractivity contribution in [3.8, 4) is 5.69 Å². The number of urea groups is 1. The van der Waals surface area contributed by atoms with Gasteiger partial charge in [-0.15, -0.1) is 0 Å². The lowest BCUT2D eigenvalue weighted by atomic mass is 10.1. The van der Waals surface area contributed by atoms with Crippen LogP contribution in [0.4, 0.5) is 16.2 Å². The van der Waals surface area contributed by atoms with Crippen molar-refractivity contribution >= 4 is 51.2 Å². The highest BCUT2D eigenvalue weighted by atomic mass is 79.9. The number of carbonyl (C=O) groups excluding carboxylic acids is 3. The molecule has 1 fully saturated rings. The topological polar surface area (TPSA) is 62.6 Å². The van der Waals surface area contributed by atoms with Crippen LogP contribution in [0, 0.1) is 0 Å². The summed E-state index contributed by atoms with van der Waals surface area (Å²) in [5.74, 6) is -1.34. The Morgan fingerprint density at radius 2 is 1.12 bits per heavy atom. The first-order valence-electron chi connectivity index (χ1n) is 10.5. The van der Waals surface area contributed by atoms with E-state index in [1.165, 1.54) is 6.08 Å². The SMILES string of the molecule is O=C1C(=Cc2cccn2-c2ccc(Br)cc2)C(=O)N(c2ccccc2)C(=O)N1c1ccccc1. The van der Waals surface area contributed by atoms with Crippen LogP contribution in [0.25, 0.3) is 11.8 Å². The summed E-state index contributed by atoms with van der Waals surface area (Å²) in [5.41, 5.74) is 2.17. The summed E-state index contributed by atoms with van der Waals surface area (Å²) in [5, 5.41) is 0. The van der Waals surface area contributed by atoms with E-state index in [4.69, 9.17) is 0 Å². The summed E-state index contributed by atoms with van der Waals surface area (Å²) in [6.07, 6.45) is 3.38. The molecule has 34 heavy (non-hydrogen) atoms. The molecule has 0 N–H and O–H groups in total. The molecule has 3 aromatic carbocycles. The van der Waals surface area contributed by atoms with Gasteiger partial charge in [0, 0.05) is 22.1 Å². The van der Waals surface area contributed by atoms with E-state index in [0.717, 1.165) is 20.0 Å². The maximum atomic E-state index is 13.5. The quantitative estimate of drug-likeness (QED) is 0.256. The molecule has 7 heteroatoms. The third kappa shape index (κ3) is 3.86. The Balaban J connectivity index is 1.64. The second-order valence-electron chi connectivity index (χ2n) is 7.57. The third-order valence-electron chi connectivity index (χ3n) is 5.46. The zero-order valence-electron chi connectivity index (χ0n) is 17.8. The third-order valence-corrected chi connectivity index (χ3v) is 5.98. The predicted octanol–water partition coefficient (Wildman–Crippen LogP) is 5.82. The van der Waals surface area contributed by atoms with Crippen LogP contribution in [0.5, 0.6) is 0 Å². The number of halogens is 1. The number of para-hydroxylation sites is 2. The summed E-state index contributed by atoms with van der Waals surface area (Å²) in [6, 6.07) is 27.8. The molecule has 4 amide bonds. The van der Waals surface area contributed by atoms with Gasteiger partial charge in [0.2, 0.25) is 0 Å². The first-order valence-corrected chi connectivity index (χ1v) is 11.3. The van der Waals surface area contributed by atoms with E-state index < -0.39 is 17.8 Å². The van der Waals surface area contributed by atoms with Crippen LogP contribution in [0.2, 0.25) is 0 Å². The minimum atomic E-state index is -0.715. The molecule has 0 bridgehead atoms. The van der Waals surface area contributed by atoms with E-state index in [9.17, 15) is 14.4 Å². The van der Waals surface area contributed by atoms with Crippen molar-refractivity contribution in [2.75, 3.05) is 9.80 Å². The average Bonchev–Trinajstić information content (AvgIpc) is 3.32. The Hall–Kier alpha value is -4.23. The van der Waals surface area contributed by atoms with E-state index in [1.807, 2.05) is 47.2 Å². The standard InChI is InChI=1S/C27H18BrN3O3/c28-19-13-15-20(16-14-19)29-17-7-12-23(29)18-24-25(32)30(21-8-3-1-4-9-21)27(34)31(26(24)33)22-10-5-2-6-11-22/h1-18H. The van der Waals surface area contributed by atoms with Crippen molar-refractivity contribution in [2.24, 2.45) is 0 Å². The summed E-state index contributed by atoms with van der Waals surface area (Å²) in [6.45, 7) is 0. The number of barbiturate groups is 1. The molecule has 0 aliphatic carbocycles. The van der Waals surface area contributed by atoms with Crippen LogP contribution in [0.3, 0.4) is 0 Å². The van der Waals surface area contributed by atoms with E-state index >= 15 is 0 Å². The maximum Gasteiger partial charge on any atom is 0.343 e. The van der Waals surface area contributed by atoms with Crippen LogP contribution < -0.4 is 9.80 Å². The van der Waals surface area contributed by atoms with Gasteiger partial charge in [0.05, 0.1) is 11.4 Å². The van der Waals surface area contributed by atoms with Crippen LogP contribution in [0.15, 0.2) is 113 Å². The fraction of sp³-hybridized carbons (Fsp3) is 0. The van der Waals surface area contributed by atoms with E-state index in [2.05, 4.69) is 15.9 Å². The Labute approximate surface area is 204 Å². The fourth-order valence-electron chi connectivity index (χ4n) is 3.84. The normalized spacial score (nSPS) is 14.0. The first kappa shape index (κ1) is 21.6. The average molecular weight is 512 g/mol. The Kier molecular flexibility index (Phi) is 5.69. The minimum absolute atomic E-state index is 0.107. The number of carbonyl (C=O) groups is 3. The van der Waals surface area contributed by atoms with Gasteiger partial charge in [0.25, 0.3) is 11.8 Å². The van der Waals surface area contributed by atoms with Gasteiger partial charge in [-0.05, 0) is 66.7 Å². The molecule has 0 radical (unpaired) electrons. The van der Waals surface area contributed by atoms with Gasteiger partial charge < -0.3 is 4.57 Å². The van der Waals surface area contributed by atoms with E-state index in [1.54, 1.807) is 60.7 Å². The van der Waals surface area contributed by atoms with Crippen molar-refractivity contribution in [3.63, 3.8) is 0 Å². The van der Waals surface area contributed by atoms with Gasteiger partial charge in [0.1, 0.15) is 5.57 Å². The second-order valence-corrected chi connectivity index (χ2v) is 8.49. The number of aromatic nitrogens is 1. The number of nitrogens with zero attached hydrogens (tertiary/aromatic N) is 3. The molecule has 0 unspecified atom stereocenters. The van der Waals surface area contributed by atoms with Crippen LogP contribution in [-0.4, -0.2) is 22.4 Å². The second kappa shape index (κ2) is 8.96. The van der Waals surface area contributed by atoms with Crippen LogP contribution in [0.1, 0.15) is 5.69 Å². The highest BCUT2D eigenvalue weighted by molar-refractivity contribution is 9.10. The lowest BCUT2D eigenvalue weighted by Gasteiger charge is -2.33. The number of benzene rings is 3.